The van der Waals surface area contributed by atoms with Crippen LogP contribution < -0.4 is 15.4 Å². The number of urea groups is 1. The summed E-state index contributed by atoms with van der Waals surface area (Å²) in [7, 11) is 1.23. The summed E-state index contributed by atoms with van der Waals surface area (Å²) >= 11 is 7.17. The zero-order valence-corrected chi connectivity index (χ0v) is 25.0. The van der Waals surface area contributed by atoms with E-state index >= 15 is 0 Å². The lowest BCUT2D eigenvalue weighted by molar-refractivity contribution is -0.134. The Kier molecular flexibility index (Phi) is 10.2. The van der Waals surface area contributed by atoms with Crippen LogP contribution in [0.4, 0.5) is 4.79 Å². The molecule has 3 N–H and O–H groups in total. The molecule has 1 aromatic heterocycles. The third-order valence-electron chi connectivity index (χ3n) is 6.74. The Labute approximate surface area is 243 Å². The van der Waals surface area contributed by atoms with E-state index < -0.39 is 28.1 Å². The van der Waals surface area contributed by atoms with E-state index in [9.17, 15) is 22.8 Å². The molecule has 0 unspecified atom stereocenters. The molecule has 2 aliphatic rings. The fourth-order valence-corrected chi connectivity index (χ4v) is 6.87. The van der Waals surface area contributed by atoms with Crippen molar-refractivity contribution in [1.29, 1.82) is 0 Å². The number of hydrogen-bond acceptors (Lipinski definition) is 8. The molecule has 0 bridgehead atoms. The van der Waals surface area contributed by atoms with Gasteiger partial charge in [0.05, 0.1) is 22.7 Å². The highest BCUT2D eigenvalue weighted by atomic mass is 35.5. The Bertz CT molecular complexity index is 1320. The van der Waals surface area contributed by atoms with Crippen LogP contribution in [0.5, 0.6) is 0 Å². The number of nitrogens with one attached hydrogen (secondary N) is 3. The molecule has 15 heteroatoms. The SMILES string of the molecule is CN1CCc2nc(C(=O)N[C@@H]3C[C@@H](C(=O)N(C)C)CC[C@@H]3NC(=O)NS(=O)(=O)c3ccc(Cl)cc3)sc2C1.Cl. The van der Waals surface area contributed by atoms with Crippen molar-refractivity contribution < 1.29 is 22.8 Å². The van der Waals surface area contributed by atoms with Gasteiger partial charge in [0.25, 0.3) is 15.9 Å². The van der Waals surface area contributed by atoms with Gasteiger partial charge in [-0.2, -0.15) is 0 Å². The van der Waals surface area contributed by atoms with Crippen molar-refractivity contribution in [3.63, 3.8) is 0 Å². The molecule has 1 aliphatic carbocycles. The molecular weight excluding hydrogens is 587 g/mol. The summed E-state index contributed by atoms with van der Waals surface area (Å²) in [5, 5.41) is 6.34. The maximum atomic E-state index is 13.2. The first-order valence-electron chi connectivity index (χ1n) is 12.2. The smallest absolute Gasteiger partial charge is 0.328 e. The molecule has 1 aliphatic heterocycles. The molecule has 0 spiro atoms. The number of fused-ring (bicyclic) bond motifs is 1. The molecule has 0 saturated heterocycles. The Balaban J connectivity index is 0.00000420. The van der Waals surface area contributed by atoms with Crippen LogP contribution in [-0.4, -0.2) is 80.8 Å². The molecule has 2 aromatic rings. The highest BCUT2D eigenvalue weighted by Gasteiger charge is 2.37. The van der Waals surface area contributed by atoms with Gasteiger partial charge in [-0.1, -0.05) is 11.6 Å². The number of likely N-dealkylation sites (N-methyl/N-ethyl adjacent to an activating group) is 1. The summed E-state index contributed by atoms with van der Waals surface area (Å²) in [5.74, 6) is -0.784. The number of thiazole rings is 1. The fraction of sp³-hybridized carbons (Fsp3) is 0.500. The maximum absolute atomic E-state index is 13.2. The lowest BCUT2D eigenvalue weighted by Gasteiger charge is -2.37. The van der Waals surface area contributed by atoms with E-state index in [1.807, 2.05) is 11.8 Å². The number of amides is 4. The molecule has 4 amide bonds. The van der Waals surface area contributed by atoms with Crippen molar-refractivity contribution in [1.82, 2.24) is 30.1 Å². The van der Waals surface area contributed by atoms with E-state index in [0.29, 0.717) is 29.3 Å². The van der Waals surface area contributed by atoms with Gasteiger partial charge in [0, 0.05) is 49.4 Å². The van der Waals surface area contributed by atoms with Crippen LogP contribution >= 0.6 is 35.3 Å². The minimum atomic E-state index is -4.13. The minimum absolute atomic E-state index is 0. The van der Waals surface area contributed by atoms with Crippen LogP contribution in [0.1, 0.15) is 39.6 Å². The standard InChI is InChI=1S/C24H31ClN6O5S2.ClH/c1-30(2)23(33)14-4-9-17(28-24(34)29-38(35,36)16-7-5-15(25)6-8-16)19(12-14)26-21(32)22-27-18-10-11-31(3)13-20(18)37-22;/h5-8,14,17,19H,4,9-13H2,1-3H3,(H,26,32)(H2,28,29,34);1H/t14-,17-,19+;/m0./s1. The van der Waals surface area contributed by atoms with Crippen molar-refractivity contribution >= 4 is 63.2 Å². The number of aromatic nitrogens is 1. The summed E-state index contributed by atoms with van der Waals surface area (Å²) < 4.78 is 27.3. The monoisotopic (exact) mass is 618 g/mol. The highest BCUT2D eigenvalue weighted by molar-refractivity contribution is 7.90. The number of carbonyl (C=O) groups is 3. The molecule has 4 rings (SSSR count). The predicted molar refractivity (Wildman–Crippen MR) is 151 cm³/mol. The van der Waals surface area contributed by atoms with Gasteiger partial charge in [0.15, 0.2) is 5.01 Å². The van der Waals surface area contributed by atoms with Crippen molar-refractivity contribution in [2.45, 2.75) is 49.2 Å². The second-order valence-electron chi connectivity index (χ2n) is 9.84. The summed E-state index contributed by atoms with van der Waals surface area (Å²) in [4.78, 5) is 47.7. The third kappa shape index (κ3) is 7.60. The summed E-state index contributed by atoms with van der Waals surface area (Å²) in [6.07, 6.45) is 1.93. The Morgan fingerprint density at radius 3 is 2.46 bits per heavy atom. The van der Waals surface area contributed by atoms with Crippen LogP contribution in [0.25, 0.3) is 0 Å². The van der Waals surface area contributed by atoms with E-state index in [1.54, 1.807) is 14.1 Å². The molecule has 2 heterocycles. The van der Waals surface area contributed by atoms with Crippen LogP contribution in [0.2, 0.25) is 5.02 Å². The highest BCUT2D eigenvalue weighted by Crippen LogP contribution is 2.28. The molecule has 1 fully saturated rings. The van der Waals surface area contributed by atoms with Crippen molar-refractivity contribution in [3.05, 3.63) is 44.9 Å². The Morgan fingerprint density at radius 1 is 1.10 bits per heavy atom. The van der Waals surface area contributed by atoms with E-state index in [0.717, 1.165) is 30.1 Å². The molecular formula is C24H32Cl2N6O5S2. The van der Waals surface area contributed by atoms with Crippen molar-refractivity contribution in [2.75, 3.05) is 27.7 Å². The topological polar surface area (TPSA) is 141 Å². The van der Waals surface area contributed by atoms with Crippen LogP contribution in [0, 0.1) is 5.92 Å². The number of rotatable bonds is 6. The second-order valence-corrected chi connectivity index (χ2v) is 13.0. The summed E-state index contributed by atoms with van der Waals surface area (Å²) in [6.45, 7) is 1.60. The van der Waals surface area contributed by atoms with Crippen LogP contribution in [0.3, 0.4) is 0 Å². The minimum Gasteiger partial charge on any atom is -0.349 e. The molecule has 39 heavy (non-hydrogen) atoms. The van der Waals surface area contributed by atoms with E-state index in [1.165, 1.54) is 40.5 Å². The van der Waals surface area contributed by atoms with Gasteiger partial charge < -0.3 is 20.4 Å². The van der Waals surface area contributed by atoms with Gasteiger partial charge in [-0.15, -0.1) is 23.7 Å². The number of sulfonamides is 1. The first kappa shape index (κ1) is 31.1. The van der Waals surface area contributed by atoms with Gasteiger partial charge in [0.2, 0.25) is 5.91 Å². The van der Waals surface area contributed by atoms with Gasteiger partial charge in [-0.05, 0) is 50.6 Å². The lowest BCUT2D eigenvalue weighted by atomic mass is 9.81. The average molecular weight is 620 g/mol. The number of halogens is 2. The zero-order chi connectivity index (χ0) is 27.6. The number of hydrogen-bond donors (Lipinski definition) is 3. The fourth-order valence-electron chi connectivity index (χ4n) is 4.74. The van der Waals surface area contributed by atoms with Crippen LogP contribution in [-0.2, 0) is 27.8 Å². The number of carbonyl (C=O) groups excluding carboxylic acids is 3. The van der Waals surface area contributed by atoms with Gasteiger partial charge in [-0.3, -0.25) is 9.59 Å². The number of benzene rings is 1. The third-order valence-corrected chi connectivity index (χ3v) is 9.42. The predicted octanol–water partition coefficient (Wildman–Crippen LogP) is 2.25. The largest absolute Gasteiger partial charge is 0.349 e. The lowest BCUT2D eigenvalue weighted by Crippen LogP contribution is -2.57. The van der Waals surface area contributed by atoms with Crippen molar-refractivity contribution in [3.8, 4) is 0 Å². The van der Waals surface area contributed by atoms with Gasteiger partial charge in [-0.25, -0.2) is 22.9 Å². The van der Waals surface area contributed by atoms with Crippen LogP contribution in [0.15, 0.2) is 29.2 Å². The molecule has 0 radical (unpaired) electrons. The average Bonchev–Trinajstić information content (AvgIpc) is 3.28. The van der Waals surface area contributed by atoms with Crippen molar-refractivity contribution in [2.24, 2.45) is 5.92 Å². The summed E-state index contributed by atoms with van der Waals surface area (Å²) in [6, 6.07) is 3.31. The van der Waals surface area contributed by atoms with Gasteiger partial charge >= 0.3 is 6.03 Å². The summed E-state index contributed by atoms with van der Waals surface area (Å²) in [5.41, 5.74) is 0.920. The molecule has 3 atom stereocenters. The normalized spacial score (nSPS) is 21.2. The molecule has 214 valence electrons. The maximum Gasteiger partial charge on any atom is 0.328 e. The first-order chi connectivity index (χ1) is 17.9. The van der Waals surface area contributed by atoms with E-state index in [4.69, 9.17) is 11.6 Å². The second kappa shape index (κ2) is 12.8. The van der Waals surface area contributed by atoms with E-state index in [2.05, 4.69) is 20.5 Å². The Hall–Kier alpha value is -2.45. The molecule has 1 saturated carbocycles. The first-order valence-corrected chi connectivity index (χ1v) is 14.9. The molecule has 1 aromatic carbocycles. The van der Waals surface area contributed by atoms with E-state index in [-0.39, 0.29) is 35.0 Å². The number of nitrogens with zero attached hydrogens (tertiary/aromatic N) is 3. The van der Waals surface area contributed by atoms with Gasteiger partial charge in [0.1, 0.15) is 0 Å². The quantitative estimate of drug-likeness (QED) is 0.451. The Morgan fingerprint density at radius 2 is 1.79 bits per heavy atom. The zero-order valence-electron chi connectivity index (χ0n) is 21.8. The molecule has 11 nitrogen and oxygen atoms in total.